The Labute approximate surface area is 220 Å². The maximum Gasteiger partial charge on any atom is 0.163 e. The molecule has 5 rings (SSSR count). The fourth-order valence-corrected chi connectivity index (χ4v) is 5.84. The molecule has 0 unspecified atom stereocenters. The van der Waals surface area contributed by atoms with E-state index in [4.69, 9.17) is 19.4 Å². The Kier molecular flexibility index (Phi) is 7.89. The van der Waals surface area contributed by atoms with Gasteiger partial charge in [0.25, 0.3) is 0 Å². The molecule has 1 N–H and O–H groups in total. The maximum absolute atomic E-state index is 5.91. The summed E-state index contributed by atoms with van der Waals surface area (Å²) in [6.45, 7) is 9.91. The van der Waals surface area contributed by atoms with Crippen LogP contribution in [0.4, 0.5) is 11.5 Å². The van der Waals surface area contributed by atoms with Crippen LogP contribution in [0.1, 0.15) is 24.7 Å². The highest BCUT2D eigenvalue weighted by atomic mass is 32.2. The molecule has 1 fully saturated rings. The summed E-state index contributed by atoms with van der Waals surface area (Å²) in [6.07, 6.45) is 0. The number of aromatic nitrogens is 3. The summed E-state index contributed by atoms with van der Waals surface area (Å²) in [5.41, 5.74) is 3.84. The Bertz CT molecular complexity index is 1340. The molecule has 0 spiro atoms. The molecule has 1 aliphatic heterocycles. The van der Waals surface area contributed by atoms with Crippen LogP contribution < -0.4 is 14.8 Å². The molecule has 3 heterocycles. The predicted octanol–water partition coefficient (Wildman–Crippen LogP) is 6.15. The lowest BCUT2D eigenvalue weighted by Crippen LogP contribution is -2.32. The number of nitrogens with one attached hydrogen (secondary N) is 1. The Morgan fingerprint density at radius 3 is 2.47 bits per heavy atom. The van der Waals surface area contributed by atoms with Gasteiger partial charge in [-0.3, -0.25) is 4.90 Å². The van der Waals surface area contributed by atoms with Gasteiger partial charge in [0.05, 0.1) is 36.0 Å². The number of hydrogen-bond acceptors (Lipinski definition) is 9. The van der Waals surface area contributed by atoms with Crippen LogP contribution in [-0.4, -0.2) is 57.7 Å². The van der Waals surface area contributed by atoms with Crippen molar-refractivity contribution in [1.29, 1.82) is 0 Å². The fourth-order valence-electron chi connectivity index (χ4n) is 4.24. The summed E-state index contributed by atoms with van der Waals surface area (Å²) >= 11 is 3.66. The van der Waals surface area contributed by atoms with Gasteiger partial charge >= 0.3 is 0 Å². The van der Waals surface area contributed by atoms with Gasteiger partial charge in [-0.2, -0.15) is 11.8 Å². The standard InChI is InChI=1S/C27H31N5O2S2/c1-4-33-24-14-21-22(15-25(24)34-5-2)30-26(16-32-9-11-35-12-10-32)31-27(21)29-20-8-6-7-19(13-20)23-17-36-18(3)28-23/h6-8,13-15,17H,4-5,9-12,16H2,1-3H3,(H,29,30,31). The molecule has 0 radical (unpaired) electrons. The Morgan fingerprint density at radius 1 is 0.972 bits per heavy atom. The van der Waals surface area contributed by atoms with Crippen molar-refractivity contribution in [1.82, 2.24) is 19.9 Å². The summed E-state index contributed by atoms with van der Waals surface area (Å²) in [5.74, 6) is 5.26. The first-order chi connectivity index (χ1) is 17.6. The number of rotatable bonds is 9. The molecule has 0 saturated carbocycles. The van der Waals surface area contributed by atoms with E-state index in [0.717, 1.165) is 75.6 Å². The van der Waals surface area contributed by atoms with Gasteiger partial charge in [0.15, 0.2) is 11.5 Å². The van der Waals surface area contributed by atoms with Gasteiger partial charge in [0, 0.05) is 52.7 Å². The van der Waals surface area contributed by atoms with E-state index in [9.17, 15) is 0 Å². The van der Waals surface area contributed by atoms with Crippen LogP contribution in [0.3, 0.4) is 0 Å². The number of anilines is 2. The van der Waals surface area contributed by atoms with Crippen molar-refractivity contribution in [3.63, 3.8) is 0 Å². The Balaban J connectivity index is 1.55. The van der Waals surface area contributed by atoms with Crippen molar-refractivity contribution >= 4 is 45.5 Å². The van der Waals surface area contributed by atoms with E-state index in [0.29, 0.717) is 24.7 Å². The summed E-state index contributed by atoms with van der Waals surface area (Å²) in [5, 5.41) is 7.61. The average Bonchev–Trinajstić information content (AvgIpc) is 3.32. The summed E-state index contributed by atoms with van der Waals surface area (Å²) in [7, 11) is 0. The lowest BCUT2D eigenvalue weighted by Gasteiger charge is -2.25. The van der Waals surface area contributed by atoms with Gasteiger partial charge < -0.3 is 14.8 Å². The van der Waals surface area contributed by atoms with Gasteiger partial charge in [0.1, 0.15) is 11.6 Å². The van der Waals surface area contributed by atoms with Gasteiger partial charge in [-0.15, -0.1) is 11.3 Å². The first kappa shape index (κ1) is 24.8. The lowest BCUT2D eigenvalue weighted by molar-refractivity contribution is 0.286. The van der Waals surface area contributed by atoms with Crippen molar-refractivity contribution in [3.05, 3.63) is 52.6 Å². The van der Waals surface area contributed by atoms with Crippen LogP contribution in [0.2, 0.25) is 0 Å². The number of hydrogen-bond donors (Lipinski definition) is 1. The highest BCUT2D eigenvalue weighted by Crippen LogP contribution is 2.36. The van der Waals surface area contributed by atoms with Crippen LogP contribution >= 0.6 is 23.1 Å². The van der Waals surface area contributed by atoms with E-state index < -0.39 is 0 Å². The maximum atomic E-state index is 5.91. The molecule has 7 nitrogen and oxygen atoms in total. The molecule has 9 heteroatoms. The van der Waals surface area contributed by atoms with Crippen LogP contribution in [0, 0.1) is 6.92 Å². The smallest absolute Gasteiger partial charge is 0.163 e. The number of thiazole rings is 1. The van der Waals surface area contributed by atoms with Crippen molar-refractivity contribution < 1.29 is 9.47 Å². The number of nitrogens with zero attached hydrogens (tertiary/aromatic N) is 4. The third kappa shape index (κ3) is 5.74. The van der Waals surface area contributed by atoms with Gasteiger partial charge in [-0.1, -0.05) is 12.1 Å². The summed E-state index contributed by atoms with van der Waals surface area (Å²) in [6, 6.07) is 12.3. The van der Waals surface area contributed by atoms with Crippen molar-refractivity contribution in [2.75, 3.05) is 43.1 Å². The van der Waals surface area contributed by atoms with Crippen LogP contribution in [-0.2, 0) is 6.54 Å². The molecule has 0 bridgehead atoms. The molecular weight excluding hydrogens is 490 g/mol. The minimum absolute atomic E-state index is 0.551. The fraction of sp³-hybridized carbons (Fsp3) is 0.370. The predicted molar refractivity (Wildman–Crippen MR) is 150 cm³/mol. The van der Waals surface area contributed by atoms with Gasteiger partial charge in [0.2, 0.25) is 0 Å². The second-order valence-corrected chi connectivity index (χ2v) is 10.8. The molecule has 0 aliphatic carbocycles. The van der Waals surface area contributed by atoms with Crippen LogP contribution in [0.25, 0.3) is 22.2 Å². The van der Waals surface area contributed by atoms with E-state index in [2.05, 4.69) is 38.8 Å². The molecule has 36 heavy (non-hydrogen) atoms. The average molecular weight is 522 g/mol. The van der Waals surface area contributed by atoms with Crippen LogP contribution in [0.15, 0.2) is 41.8 Å². The quantitative estimate of drug-likeness (QED) is 0.281. The van der Waals surface area contributed by atoms with E-state index in [1.54, 1.807) is 11.3 Å². The zero-order chi connectivity index (χ0) is 24.9. The van der Waals surface area contributed by atoms with Gasteiger partial charge in [-0.05, 0) is 39.0 Å². The normalized spacial score (nSPS) is 14.2. The second-order valence-electron chi connectivity index (χ2n) is 8.52. The minimum atomic E-state index is 0.551. The Morgan fingerprint density at radius 2 is 1.75 bits per heavy atom. The molecule has 0 amide bonds. The van der Waals surface area contributed by atoms with E-state index in [1.165, 1.54) is 0 Å². The second kappa shape index (κ2) is 11.5. The van der Waals surface area contributed by atoms with E-state index in [1.807, 2.05) is 50.7 Å². The number of benzene rings is 2. The number of fused-ring (bicyclic) bond motifs is 1. The molecule has 2 aromatic carbocycles. The first-order valence-electron chi connectivity index (χ1n) is 12.3. The molecule has 4 aromatic rings. The largest absolute Gasteiger partial charge is 0.490 e. The minimum Gasteiger partial charge on any atom is -0.490 e. The van der Waals surface area contributed by atoms with Crippen LogP contribution in [0.5, 0.6) is 11.5 Å². The molecule has 188 valence electrons. The monoisotopic (exact) mass is 521 g/mol. The molecule has 1 saturated heterocycles. The van der Waals surface area contributed by atoms with E-state index >= 15 is 0 Å². The van der Waals surface area contributed by atoms with Crippen molar-refractivity contribution in [2.24, 2.45) is 0 Å². The third-order valence-electron chi connectivity index (χ3n) is 5.92. The highest BCUT2D eigenvalue weighted by molar-refractivity contribution is 7.99. The summed E-state index contributed by atoms with van der Waals surface area (Å²) < 4.78 is 11.8. The third-order valence-corrected chi connectivity index (χ3v) is 7.63. The molecular formula is C27H31N5O2S2. The number of ether oxygens (including phenoxy) is 2. The number of thioether (sulfide) groups is 1. The number of aryl methyl sites for hydroxylation is 1. The van der Waals surface area contributed by atoms with Crippen molar-refractivity contribution in [3.8, 4) is 22.8 Å². The van der Waals surface area contributed by atoms with Crippen molar-refractivity contribution in [2.45, 2.75) is 27.3 Å². The first-order valence-corrected chi connectivity index (χ1v) is 14.4. The molecule has 0 atom stereocenters. The zero-order valence-electron chi connectivity index (χ0n) is 20.9. The molecule has 1 aliphatic rings. The summed E-state index contributed by atoms with van der Waals surface area (Å²) in [4.78, 5) is 17.0. The Hall–Kier alpha value is -2.88. The van der Waals surface area contributed by atoms with Gasteiger partial charge in [-0.25, -0.2) is 15.0 Å². The zero-order valence-corrected chi connectivity index (χ0v) is 22.5. The SMILES string of the molecule is CCOc1cc2nc(CN3CCSCC3)nc(Nc3cccc(-c4csc(C)n4)c3)c2cc1OCC. The highest BCUT2D eigenvalue weighted by Gasteiger charge is 2.17. The van der Waals surface area contributed by atoms with E-state index in [-0.39, 0.29) is 0 Å². The molecule has 2 aromatic heterocycles. The lowest BCUT2D eigenvalue weighted by atomic mass is 10.1. The topological polar surface area (TPSA) is 72.4 Å².